The molecule has 3 rings (SSSR count). The molecule has 1 amide bonds. The number of allylic oxidation sites excluding steroid dienone is 2. The Morgan fingerprint density at radius 2 is 2.00 bits per heavy atom. The van der Waals surface area contributed by atoms with Crippen LogP contribution >= 0.6 is 0 Å². The lowest BCUT2D eigenvalue weighted by atomic mass is 9.94. The van der Waals surface area contributed by atoms with Gasteiger partial charge in [-0.3, -0.25) is 4.79 Å². The fourth-order valence-electron chi connectivity index (χ4n) is 3.42. The maximum atomic E-state index is 11.7. The fraction of sp³-hybridized carbons (Fsp3) is 0.500. The first-order chi connectivity index (χ1) is 10.8. The van der Waals surface area contributed by atoms with Crippen LogP contribution in [0.15, 0.2) is 42.5 Å². The zero-order valence-electron chi connectivity index (χ0n) is 12.8. The highest BCUT2D eigenvalue weighted by atomic mass is 16.5. The maximum Gasteiger partial charge on any atom is 0.257 e. The van der Waals surface area contributed by atoms with Gasteiger partial charge >= 0.3 is 0 Å². The minimum absolute atomic E-state index is 0.0706. The molecule has 3 atom stereocenters. The van der Waals surface area contributed by atoms with E-state index < -0.39 is 0 Å². The van der Waals surface area contributed by atoms with Crippen molar-refractivity contribution >= 4 is 5.91 Å². The van der Waals surface area contributed by atoms with Crippen LogP contribution in [-0.2, 0) is 4.79 Å². The van der Waals surface area contributed by atoms with Crippen molar-refractivity contribution in [2.45, 2.75) is 12.8 Å². The third-order valence-electron chi connectivity index (χ3n) is 4.56. The van der Waals surface area contributed by atoms with Crippen molar-refractivity contribution in [2.24, 2.45) is 17.8 Å². The van der Waals surface area contributed by atoms with Gasteiger partial charge < -0.3 is 15.4 Å². The van der Waals surface area contributed by atoms with E-state index in [1.807, 2.05) is 30.3 Å². The number of hydrogen-bond donors (Lipinski definition) is 2. The molecule has 0 aliphatic heterocycles. The Bertz CT molecular complexity index is 515. The molecule has 4 heteroatoms. The Morgan fingerprint density at radius 1 is 1.14 bits per heavy atom. The lowest BCUT2D eigenvalue weighted by molar-refractivity contribution is -0.123. The van der Waals surface area contributed by atoms with E-state index >= 15 is 0 Å². The summed E-state index contributed by atoms with van der Waals surface area (Å²) in [4.78, 5) is 11.7. The summed E-state index contributed by atoms with van der Waals surface area (Å²) in [5.74, 6) is 3.04. The van der Waals surface area contributed by atoms with Crippen LogP contribution < -0.4 is 15.4 Å². The molecule has 1 aromatic carbocycles. The maximum absolute atomic E-state index is 11.7. The molecule has 0 heterocycles. The van der Waals surface area contributed by atoms with Gasteiger partial charge in [-0.15, -0.1) is 0 Å². The normalized spacial score (nSPS) is 25.4. The van der Waals surface area contributed by atoms with Crippen molar-refractivity contribution in [3.05, 3.63) is 42.5 Å². The number of para-hydroxylation sites is 1. The van der Waals surface area contributed by atoms with Gasteiger partial charge in [0.25, 0.3) is 5.91 Å². The first-order valence-electron chi connectivity index (χ1n) is 8.15. The number of ether oxygens (including phenoxy) is 1. The third kappa shape index (κ3) is 4.10. The number of carbonyl (C=O) groups is 1. The van der Waals surface area contributed by atoms with Gasteiger partial charge in [-0.2, -0.15) is 0 Å². The van der Waals surface area contributed by atoms with E-state index in [-0.39, 0.29) is 12.5 Å². The highest BCUT2D eigenvalue weighted by Gasteiger charge is 2.34. The predicted molar refractivity (Wildman–Crippen MR) is 86.7 cm³/mol. The SMILES string of the molecule is O=C(COc1ccccc1)NCCNCC1CC2C=CC1C2. The first kappa shape index (κ1) is 15.1. The van der Waals surface area contributed by atoms with Crippen LogP contribution in [0.5, 0.6) is 5.75 Å². The molecule has 2 bridgehead atoms. The molecule has 0 aromatic heterocycles. The highest BCUT2D eigenvalue weighted by Crippen LogP contribution is 2.42. The van der Waals surface area contributed by atoms with Gasteiger partial charge in [0.1, 0.15) is 5.75 Å². The summed E-state index contributed by atoms with van der Waals surface area (Å²) in [7, 11) is 0. The summed E-state index contributed by atoms with van der Waals surface area (Å²) >= 11 is 0. The third-order valence-corrected chi connectivity index (χ3v) is 4.56. The summed E-state index contributed by atoms with van der Waals surface area (Å²) < 4.78 is 5.40. The molecule has 2 N–H and O–H groups in total. The van der Waals surface area contributed by atoms with Gasteiger partial charge in [-0.25, -0.2) is 0 Å². The first-order valence-corrected chi connectivity index (χ1v) is 8.15. The van der Waals surface area contributed by atoms with Crippen LogP contribution in [0.1, 0.15) is 12.8 Å². The number of carbonyl (C=O) groups excluding carboxylic acids is 1. The number of rotatable bonds is 8. The topological polar surface area (TPSA) is 50.4 Å². The Labute approximate surface area is 131 Å². The standard InChI is InChI=1S/C18H24N2O2/c21-18(13-22-17-4-2-1-3-5-17)20-9-8-19-12-16-11-14-6-7-15(16)10-14/h1-7,14-16,19H,8-13H2,(H,20,21). The lowest BCUT2D eigenvalue weighted by Gasteiger charge is -2.18. The minimum atomic E-state index is -0.0755. The van der Waals surface area contributed by atoms with E-state index in [0.29, 0.717) is 6.54 Å². The quantitative estimate of drug-likeness (QED) is 0.570. The van der Waals surface area contributed by atoms with Crippen LogP contribution in [0.3, 0.4) is 0 Å². The Hall–Kier alpha value is -1.81. The smallest absolute Gasteiger partial charge is 0.257 e. The molecule has 0 spiro atoms. The van der Waals surface area contributed by atoms with Gasteiger partial charge in [0.05, 0.1) is 0 Å². The van der Waals surface area contributed by atoms with Gasteiger partial charge in [-0.05, 0) is 49.3 Å². The second-order valence-electron chi connectivity index (χ2n) is 6.20. The van der Waals surface area contributed by atoms with Crippen LogP contribution in [-0.4, -0.2) is 32.1 Å². The second kappa shape index (κ2) is 7.45. The van der Waals surface area contributed by atoms with Crippen LogP contribution in [0.4, 0.5) is 0 Å². The van der Waals surface area contributed by atoms with Crippen LogP contribution in [0, 0.1) is 17.8 Å². The molecular weight excluding hydrogens is 276 g/mol. The summed E-state index contributed by atoms with van der Waals surface area (Å²) in [5.41, 5.74) is 0. The van der Waals surface area contributed by atoms with Crippen molar-refractivity contribution in [3.63, 3.8) is 0 Å². The Morgan fingerprint density at radius 3 is 2.73 bits per heavy atom. The van der Waals surface area contributed by atoms with E-state index in [1.54, 1.807) is 0 Å². The number of fused-ring (bicyclic) bond motifs is 2. The van der Waals surface area contributed by atoms with E-state index in [9.17, 15) is 4.79 Å². The van der Waals surface area contributed by atoms with E-state index in [1.165, 1.54) is 12.8 Å². The van der Waals surface area contributed by atoms with E-state index in [0.717, 1.165) is 36.6 Å². The van der Waals surface area contributed by atoms with Gasteiger partial charge in [0.15, 0.2) is 6.61 Å². The molecule has 118 valence electrons. The molecule has 2 aliphatic carbocycles. The molecule has 1 aromatic rings. The van der Waals surface area contributed by atoms with Crippen molar-refractivity contribution in [1.82, 2.24) is 10.6 Å². The largest absolute Gasteiger partial charge is 0.484 e. The fourth-order valence-corrected chi connectivity index (χ4v) is 3.42. The number of hydrogen-bond acceptors (Lipinski definition) is 3. The molecule has 2 aliphatic rings. The molecule has 4 nitrogen and oxygen atoms in total. The lowest BCUT2D eigenvalue weighted by Crippen LogP contribution is -2.36. The molecule has 1 saturated carbocycles. The van der Waals surface area contributed by atoms with E-state index in [4.69, 9.17) is 4.74 Å². The number of amides is 1. The summed E-state index contributed by atoms with van der Waals surface area (Å²) in [6, 6.07) is 9.39. The Kier molecular flexibility index (Phi) is 5.11. The summed E-state index contributed by atoms with van der Waals surface area (Å²) in [6.07, 6.45) is 7.42. The average Bonchev–Trinajstić information content (AvgIpc) is 3.16. The van der Waals surface area contributed by atoms with Crippen molar-refractivity contribution < 1.29 is 9.53 Å². The van der Waals surface area contributed by atoms with Crippen LogP contribution in [0.2, 0.25) is 0 Å². The zero-order chi connectivity index (χ0) is 15.2. The molecule has 1 fully saturated rings. The highest BCUT2D eigenvalue weighted by molar-refractivity contribution is 5.77. The Balaban J connectivity index is 1.23. The van der Waals surface area contributed by atoms with Gasteiger partial charge in [0.2, 0.25) is 0 Å². The van der Waals surface area contributed by atoms with Crippen LogP contribution in [0.25, 0.3) is 0 Å². The second-order valence-corrected chi connectivity index (χ2v) is 6.20. The summed E-state index contributed by atoms with van der Waals surface area (Å²) in [6.45, 7) is 2.59. The van der Waals surface area contributed by atoms with Crippen molar-refractivity contribution in [3.8, 4) is 5.75 Å². The van der Waals surface area contributed by atoms with Crippen molar-refractivity contribution in [1.29, 1.82) is 0 Å². The van der Waals surface area contributed by atoms with Crippen molar-refractivity contribution in [2.75, 3.05) is 26.2 Å². The molecular formula is C18H24N2O2. The zero-order valence-corrected chi connectivity index (χ0v) is 12.8. The monoisotopic (exact) mass is 300 g/mol. The molecule has 0 saturated heterocycles. The van der Waals surface area contributed by atoms with E-state index in [2.05, 4.69) is 22.8 Å². The van der Waals surface area contributed by atoms with Gasteiger partial charge in [0, 0.05) is 13.1 Å². The average molecular weight is 300 g/mol. The molecule has 22 heavy (non-hydrogen) atoms. The number of nitrogens with one attached hydrogen (secondary N) is 2. The predicted octanol–water partition coefficient (Wildman–Crippen LogP) is 1.98. The van der Waals surface area contributed by atoms with Gasteiger partial charge in [-0.1, -0.05) is 30.4 Å². The number of benzene rings is 1. The minimum Gasteiger partial charge on any atom is -0.484 e. The summed E-state index contributed by atoms with van der Waals surface area (Å²) in [5, 5.41) is 6.32. The molecule has 0 radical (unpaired) electrons. The molecule has 3 unspecified atom stereocenters.